The molecule has 0 radical (unpaired) electrons. The Morgan fingerprint density at radius 3 is 2.73 bits per heavy atom. The van der Waals surface area contributed by atoms with Crippen LogP contribution in [0.3, 0.4) is 0 Å². The Bertz CT molecular complexity index is 240. The molecular formula is C7H10BrN3. The van der Waals surface area contributed by atoms with Gasteiger partial charge in [-0.2, -0.15) is 0 Å². The predicted octanol–water partition coefficient (Wildman–Crippen LogP) is 1.77. The average molecular weight is 216 g/mol. The van der Waals surface area contributed by atoms with Crippen LogP contribution in [0.25, 0.3) is 0 Å². The summed E-state index contributed by atoms with van der Waals surface area (Å²) in [7, 11) is 0. The van der Waals surface area contributed by atoms with Gasteiger partial charge in [0.1, 0.15) is 4.60 Å². The quantitative estimate of drug-likeness (QED) is 0.775. The molecule has 0 aliphatic carbocycles. The van der Waals surface area contributed by atoms with E-state index in [1.165, 1.54) is 12.8 Å². The molecule has 1 aliphatic heterocycles. The van der Waals surface area contributed by atoms with Crippen LogP contribution in [0.1, 0.15) is 12.8 Å². The first-order valence-electron chi connectivity index (χ1n) is 3.82. The molecule has 4 heteroatoms. The molecule has 1 aromatic heterocycles. The Kier molecular flexibility index (Phi) is 1.85. The van der Waals surface area contributed by atoms with Crippen molar-refractivity contribution in [1.82, 2.24) is 9.97 Å². The summed E-state index contributed by atoms with van der Waals surface area (Å²) in [6.07, 6.45) is 4.38. The minimum absolute atomic E-state index is 0.958. The zero-order chi connectivity index (χ0) is 7.68. The summed E-state index contributed by atoms with van der Waals surface area (Å²) in [4.78, 5) is 9.64. The van der Waals surface area contributed by atoms with Gasteiger partial charge in [-0.05, 0) is 28.8 Å². The fourth-order valence-electron chi connectivity index (χ4n) is 1.38. The number of aromatic nitrogens is 2. The zero-order valence-corrected chi connectivity index (χ0v) is 7.76. The molecule has 0 spiro atoms. The highest BCUT2D eigenvalue weighted by atomic mass is 79.9. The van der Waals surface area contributed by atoms with Gasteiger partial charge < -0.3 is 9.88 Å². The van der Waals surface area contributed by atoms with Gasteiger partial charge in [0, 0.05) is 13.1 Å². The molecule has 0 amide bonds. The molecule has 0 aromatic carbocycles. The highest BCUT2D eigenvalue weighted by molar-refractivity contribution is 9.10. The lowest BCUT2D eigenvalue weighted by Crippen LogP contribution is -2.18. The molecule has 11 heavy (non-hydrogen) atoms. The van der Waals surface area contributed by atoms with Crippen LogP contribution in [0.5, 0.6) is 0 Å². The van der Waals surface area contributed by atoms with Gasteiger partial charge >= 0.3 is 0 Å². The van der Waals surface area contributed by atoms with Gasteiger partial charge in [-0.15, -0.1) is 0 Å². The van der Waals surface area contributed by atoms with E-state index in [0.717, 1.165) is 23.6 Å². The maximum absolute atomic E-state index is 4.22. The summed E-state index contributed by atoms with van der Waals surface area (Å²) < 4.78 is 0.958. The van der Waals surface area contributed by atoms with E-state index >= 15 is 0 Å². The van der Waals surface area contributed by atoms with Crippen LogP contribution in [-0.4, -0.2) is 23.1 Å². The van der Waals surface area contributed by atoms with Crippen LogP contribution in [0, 0.1) is 0 Å². The zero-order valence-electron chi connectivity index (χ0n) is 6.18. The van der Waals surface area contributed by atoms with E-state index in [-0.39, 0.29) is 0 Å². The third-order valence-corrected chi connectivity index (χ3v) is 2.34. The molecule has 0 unspecified atom stereocenters. The van der Waals surface area contributed by atoms with Crippen molar-refractivity contribution in [2.75, 3.05) is 18.0 Å². The molecule has 1 N–H and O–H groups in total. The molecule has 1 fully saturated rings. The Labute approximate surface area is 73.9 Å². The lowest BCUT2D eigenvalue weighted by Gasteiger charge is -2.12. The maximum Gasteiger partial charge on any atom is 0.203 e. The lowest BCUT2D eigenvalue weighted by molar-refractivity contribution is 0.917. The molecular weight excluding hydrogens is 206 g/mol. The number of rotatable bonds is 1. The number of H-pyrrole nitrogens is 1. The van der Waals surface area contributed by atoms with Gasteiger partial charge in [-0.1, -0.05) is 0 Å². The molecule has 1 saturated heterocycles. The second-order valence-corrected chi connectivity index (χ2v) is 3.60. The largest absolute Gasteiger partial charge is 0.342 e. The van der Waals surface area contributed by atoms with Gasteiger partial charge in [-0.3, -0.25) is 0 Å². The van der Waals surface area contributed by atoms with Crippen LogP contribution in [0.2, 0.25) is 0 Å². The Hall–Kier alpha value is -0.510. The van der Waals surface area contributed by atoms with Gasteiger partial charge in [0.15, 0.2) is 0 Å². The molecule has 2 heterocycles. The fourth-order valence-corrected chi connectivity index (χ4v) is 1.66. The second-order valence-electron chi connectivity index (χ2n) is 2.75. The van der Waals surface area contributed by atoms with E-state index in [1.54, 1.807) is 6.20 Å². The molecule has 1 aliphatic rings. The molecule has 3 nitrogen and oxygen atoms in total. The minimum Gasteiger partial charge on any atom is -0.342 e. The van der Waals surface area contributed by atoms with Gasteiger partial charge in [-0.25, -0.2) is 4.98 Å². The van der Waals surface area contributed by atoms with Crippen molar-refractivity contribution in [1.29, 1.82) is 0 Å². The first-order valence-corrected chi connectivity index (χ1v) is 4.61. The van der Waals surface area contributed by atoms with Crippen LogP contribution in [0.15, 0.2) is 10.8 Å². The second kappa shape index (κ2) is 2.85. The van der Waals surface area contributed by atoms with E-state index in [1.807, 2.05) is 0 Å². The average Bonchev–Trinajstić information content (AvgIpc) is 2.55. The number of hydrogen-bond donors (Lipinski definition) is 1. The van der Waals surface area contributed by atoms with Crippen LogP contribution in [-0.2, 0) is 0 Å². The first kappa shape index (κ1) is 7.16. The third kappa shape index (κ3) is 1.40. The minimum atomic E-state index is 0.958. The third-order valence-electron chi connectivity index (χ3n) is 1.94. The fraction of sp³-hybridized carbons (Fsp3) is 0.571. The number of halogens is 1. The van der Waals surface area contributed by atoms with E-state index in [2.05, 4.69) is 30.8 Å². The number of hydrogen-bond acceptors (Lipinski definition) is 2. The standard InChI is InChI=1S/C7H10BrN3/c8-6-5-9-7(10-6)11-3-1-2-4-11/h5H,1-4H2,(H,9,10). The Morgan fingerprint density at radius 2 is 2.18 bits per heavy atom. The summed E-state index contributed by atoms with van der Waals surface area (Å²) in [5.74, 6) is 0.995. The van der Waals surface area contributed by atoms with Gasteiger partial charge in [0.05, 0.1) is 6.20 Å². The van der Waals surface area contributed by atoms with E-state index in [0.29, 0.717) is 0 Å². The number of imidazole rings is 1. The Morgan fingerprint density at radius 1 is 1.45 bits per heavy atom. The van der Waals surface area contributed by atoms with Crippen LogP contribution >= 0.6 is 15.9 Å². The van der Waals surface area contributed by atoms with Crippen molar-refractivity contribution in [3.63, 3.8) is 0 Å². The Balaban J connectivity index is 2.15. The number of nitrogens with zero attached hydrogens (tertiary/aromatic N) is 2. The summed E-state index contributed by atoms with van der Waals surface area (Å²) >= 11 is 3.33. The maximum atomic E-state index is 4.22. The van der Waals surface area contributed by atoms with E-state index in [9.17, 15) is 0 Å². The monoisotopic (exact) mass is 215 g/mol. The van der Waals surface area contributed by atoms with Crippen molar-refractivity contribution < 1.29 is 0 Å². The lowest BCUT2D eigenvalue weighted by atomic mass is 10.4. The van der Waals surface area contributed by atoms with Gasteiger partial charge in [0.25, 0.3) is 0 Å². The first-order chi connectivity index (χ1) is 5.36. The normalized spacial score (nSPS) is 17.7. The van der Waals surface area contributed by atoms with Crippen molar-refractivity contribution in [2.24, 2.45) is 0 Å². The molecule has 60 valence electrons. The smallest absolute Gasteiger partial charge is 0.203 e. The van der Waals surface area contributed by atoms with Crippen molar-refractivity contribution >= 4 is 21.9 Å². The van der Waals surface area contributed by atoms with Gasteiger partial charge in [0.2, 0.25) is 5.95 Å². The van der Waals surface area contributed by atoms with Crippen molar-refractivity contribution in [3.05, 3.63) is 10.8 Å². The van der Waals surface area contributed by atoms with Crippen molar-refractivity contribution in [3.8, 4) is 0 Å². The molecule has 1 aromatic rings. The highest BCUT2D eigenvalue weighted by Crippen LogP contribution is 2.17. The van der Waals surface area contributed by atoms with E-state index in [4.69, 9.17) is 0 Å². The molecule has 2 rings (SSSR count). The topological polar surface area (TPSA) is 31.9 Å². The van der Waals surface area contributed by atoms with Crippen LogP contribution < -0.4 is 4.90 Å². The number of nitrogens with one attached hydrogen (secondary N) is 1. The molecule has 0 saturated carbocycles. The predicted molar refractivity (Wildman–Crippen MR) is 47.7 cm³/mol. The summed E-state index contributed by atoms with van der Waals surface area (Å²) in [5, 5.41) is 0. The highest BCUT2D eigenvalue weighted by Gasteiger charge is 2.14. The van der Waals surface area contributed by atoms with Crippen molar-refractivity contribution in [2.45, 2.75) is 12.8 Å². The number of aromatic amines is 1. The van der Waals surface area contributed by atoms with Crippen LogP contribution in [0.4, 0.5) is 5.95 Å². The SMILES string of the molecule is Brc1cnc(N2CCCC2)[nH]1. The summed E-state index contributed by atoms with van der Waals surface area (Å²) in [6, 6.07) is 0. The molecule has 0 atom stereocenters. The van der Waals surface area contributed by atoms with E-state index < -0.39 is 0 Å². The summed E-state index contributed by atoms with van der Waals surface area (Å²) in [6.45, 7) is 2.28. The molecule has 0 bridgehead atoms. The number of anilines is 1. The summed E-state index contributed by atoms with van der Waals surface area (Å²) in [5.41, 5.74) is 0.